The van der Waals surface area contributed by atoms with Crippen LogP contribution in [0.25, 0.3) is 0 Å². The average Bonchev–Trinajstić information content (AvgIpc) is 2.18. The summed E-state index contributed by atoms with van der Waals surface area (Å²) >= 11 is 0. The van der Waals surface area contributed by atoms with Crippen LogP contribution in [-0.2, 0) is 0 Å². The lowest BCUT2D eigenvalue weighted by atomic mass is 10.2. The Morgan fingerprint density at radius 2 is 1.80 bits per heavy atom. The van der Waals surface area contributed by atoms with Crippen LogP contribution in [0.2, 0.25) is 19.1 Å². The minimum Gasteiger partial charge on any atom is -0.544 e. The molecule has 0 heterocycles. The molecule has 0 saturated carbocycles. The molecule has 2 heteroatoms. The highest BCUT2D eigenvalue weighted by molar-refractivity contribution is 6.71. The van der Waals surface area contributed by atoms with Gasteiger partial charge < -0.3 is 4.43 Å². The summed E-state index contributed by atoms with van der Waals surface area (Å²) in [5.41, 5.74) is 1.04. The van der Waals surface area contributed by atoms with E-state index >= 15 is 0 Å². The average molecular weight is 221 g/mol. The lowest BCUT2D eigenvalue weighted by molar-refractivity contribution is 0.542. The van der Waals surface area contributed by atoms with Gasteiger partial charge in [0.15, 0.2) is 0 Å². The van der Waals surface area contributed by atoms with Crippen molar-refractivity contribution in [2.75, 3.05) is 0 Å². The highest BCUT2D eigenvalue weighted by Gasteiger charge is 2.23. The summed E-state index contributed by atoms with van der Waals surface area (Å²) in [6, 6.07) is 9.26. The summed E-state index contributed by atoms with van der Waals surface area (Å²) in [5.74, 6) is 0.996. The second-order valence-corrected chi connectivity index (χ2v) is 8.83. The molecule has 0 N–H and O–H groups in total. The summed E-state index contributed by atoms with van der Waals surface area (Å²) in [6.45, 7) is 10.6. The smallest absolute Gasteiger partial charge is 0.245 e. The highest BCUT2D eigenvalue weighted by atomic mass is 28.4. The first kappa shape index (κ1) is 12.3. The van der Waals surface area contributed by atoms with Crippen LogP contribution in [0.4, 0.5) is 0 Å². The summed E-state index contributed by atoms with van der Waals surface area (Å²) < 4.78 is 6.07. The number of hydrogen-bond donors (Lipinski definition) is 0. The molecular formula is C13H21OSi. The number of benzene rings is 1. The SMILES string of the molecule is [CH2]c1ccc(O[Si](C)(C)CCCC)cc1. The van der Waals surface area contributed by atoms with Gasteiger partial charge in [-0.05, 0) is 43.8 Å². The molecule has 0 amide bonds. The predicted octanol–water partition coefficient (Wildman–Crippen LogP) is 4.25. The molecule has 0 atom stereocenters. The van der Waals surface area contributed by atoms with Gasteiger partial charge in [0.25, 0.3) is 0 Å². The fourth-order valence-electron chi connectivity index (χ4n) is 1.53. The maximum atomic E-state index is 6.07. The molecule has 1 rings (SSSR count). The summed E-state index contributed by atoms with van der Waals surface area (Å²) in [5, 5.41) is 0. The van der Waals surface area contributed by atoms with E-state index in [1.807, 2.05) is 24.3 Å². The van der Waals surface area contributed by atoms with Crippen LogP contribution in [0.1, 0.15) is 25.3 Å². The number of rotatable bonds is 5. The summed E-state index contributed by atoms with van der Waals surface area (Å²) in [6.07, 6.45) is 2.52. The molecule has 0 spiro atoms. The Bertz CT molecular complexity index is 290. The van der Waals surface area contributed by atoms with Crippen molar-refractivity contribution in [2.45, 2.75) is 38.9 Å². The van der Waals surface area contributed by atoms with E-state index in [1.54, 1.807) is 0 Å². The van der Waals surface area contributed by atoms with Crippen molar-refractivity contribution in [3.05, 3.63) is 36.8 Å². The van der Waals surface area contributed by atoms with Gasteiger partial charge in [0, 0.05) is 0 Å². The monoisotopic (exact) mass is 221 g/mol. The van der Waals surface area contributed by atoms with Gasteiger partial charge in [0.2, 0.25) is 8.32 Å². The zero-order valence-electron chi connectivity index (χ0n) is 10.0. The van der Waals surface area contributed by atoms with Crippen LogP contribution in [-0.4, -0.2) is 8.32 Å². The quantitative estimate of drug-likeness (QED) is 0.675. The van der Waals surface area contributed by atoms with Crippen molar-refractivity contribution in [2.24, 2.45) is 0 Å². The molecule has 15 heavy (non-hydrogen) atoms. The third-order valence-electron chi connectivity index (χ3n) is 2.45. The van der Waals surface area contributed by atoms with Crippen molar-refractivity contribution >= 4 is 8.32 Å². The molecule has 1 radical (unpaired) electrons. The van der Waals surface area contributed by atoms with E-state index in [9.17, 15) is 0 Å². The first-order valence-corrected chi connectivity index (χ1v) is 8.76. The Hall–Kier alpha value is -0.763. The molecule has 83 valence electrons. The van der Waals surface area contributed by atoms with Crippen LogP contribution < -0.4 is 4.43 Å². The van der Waals surface area contributed by atoms with Crippen molar-refractivity contribution < 1.29 is 4.43 Å². The molecule has 0 aliphatic heterocycles. The van der Waals surface area contributed by atoms with E-state index in [1.165, 1.54) is 18.9 Å². The molecule has 0 bridgehead atoms. The number of hydrogen-bond acceptors (Lipinski definition) is 1. The Balaban J connectivity index is 2.56. The van der Waals surface area contributed by atoms with Crippen LogP contribution in [0.5, 0.6) is 5.75 Å². The first-order valence-electron chi connectivity index (χ1n) is 5.64. The maximum absolute atomic E-state index is 6.07. The molecule has 0 aliphatic rings. The van der Waals surface area contributed by atoms with Gasteiger partial charge in [-0.2, -0.15) is 0 Å². The predicted molar refractivity (Wildman–Crippen MR) is 68.7 cm³/mol. The Kier molecular flexibility index (Phi) is 4.39. The van der Waals surface area contributed by atoms with Crippen LogP contribution in [0.3, 0.4) is 0 Å². The van der Waals surface area contributed by atoms with E-state index in [-0.39, 0.29) is 0 Å². The van der Waals surface area contributed by atoms with Crippen LogP contribution >= 0.6 is 0 Å². The van der Waals surface area contributed by atoms with E-state index in [0.717, 1.165) is 11.3 Å². The summed E-state index contributed by atoms with van der Waals surface area (Å²) in [4.78, 5) is 0. The molecule has 1 nitrogen and oxygen atoms in total. The third-order valence-corrected chi connectivity index (χ3v) is 4.80. The molecule has 0 fully saturated rings. The van der Waals surface area contributed by atoms with Gasteiger partial charge in [-0.3, -0.25) is 0 Å². The minimum absolute atomic E-state index is 0.996. The standard InChI is InChI=1S/C13H21OSi/c1-5-6-11-15(3,4)14-13-9-7-12(2)8-10-13/h7-10H,2,5-6,11H2,1,3-4H3. The van der Waals surface area contributed by atoms with Crippen LogP contribution in [0, 0.1) is 6.92 Å². The maximum Gasteiger partial charge on any atom is 0.245 e. The Labute approximate surface area is 94.6 Å². The lowest BCUT2D eigenvalue weighted by Gasteiger charge is -2.24. The van der Waals surface area contributed by atoms with Crippen molar-refractivity contribution in [1.29, 1.82) is 0 Å². The second-order valence-electron chi connectivity index (χ2n) is 4.61. The molecule has 0 aromatic heterocycles. The molecule has 1 aromatic carbocycles. The van der Waals surface area contributed by atoms with E-state index in [4.69, 9.17) is 4.43 Å². The van der Waals surface area contributed by atoms with Crippen molar-refractivity contribution in [3.63, 3.8) is 0 Å². The molecule has 0 aliphatic carbocycles. The van der Waals surface area contributed by atoms with E-state index < -0.39 is 8.32 Å². The van der Waals surface area contributed by atoms with Crippen molar-refractivity contribution in [1.82, 2.24) is 0 Å². The van der Waals surface area contributed by atoms with Gasteiger partial charge in [0.05, 0.1) is 0 Å². The fourth-order valence-corrected chi connectivity index (χ4v) is 3.61. The van der Waals surface area contributed by atoms with Crippen LogP contribution in [0.15, 0.2) is 24.3 Å². The molecule has 0 unspecified atom stereocenters. The molecular weight excluding hydrogens is 200 g/mol. The Morgan fingerprint density at radius 3 is 2.33 bits per heavy atom. The second kappa shape index (κ2) is 5.36. The number of unbranched alkanes of at least 4 members (excludes halogenated alkanes) is 1. The fraction of sp³-hybridized carbons (Fsp3) is 0.462. The minimum atomic E-state index is -1.50. The van der Waals surface area contributed by atoms with Gasteiger partial charge in [0.1, 0.15) is 5.75 Å². The van der Waals surface area contributed by atoms with Gasteiger partial charge in [-0.1, -0.05) is 31.9 Å². The van der Waals surface area contributed by atoms with Gasteiger partial charge >= 0.3 is 0 Å². The third kappa shape index (κ3) is 4.52. The highest BCUT2D eigenvalue weighted by Crippen LogP contribution is 2.20. The molecule has 0 saturated heterocycles. The zero-order valence-corrected chi connectivity index (χ0v) is 11.0. The van der Waals surface area contributed by atoms with E-state index in [0.29, 0.717) is 0 Å². The van der Waals surface area contributed by atoms with E-state index in [2.05, 4.69) is 26.9 Å². The normalized spacial score (nSPS) is 11.5. The first-order chi connectivity index (χ1) is 7.03. The Morgan fingerprint density at radius 1 is 1.20 bits per heavy atom. The topological polar surface area (TPSA) is 9.23 Å². The zero-order chi connectivity index (χ0) is 11.3. The summed E-state index contributed by atoms with van der Waals surface area (Å²) in [7, 11) is -1.50. The lowest BCUT2D eigenvalue weighted by Crippen LogP contribution is -2.33. The van der Waals surface area contributed by atoms with Gasteiger partial charge in [-0.25, -0.2) is 0 Å². The molecule has 1 aromatic rings. The largest absolute Gasteiger partial charge is 0.544 e. The van der Waals surface area contributed by atoms with Crippen molar-refractivity contribution in [3.8, 4) is 5.75 Å². The van der Waals surface area contributed by atoms with Gasteiger partial charge in [-0.15, -0.1) is 0 Å².